The molecule has 2 rings (SSSR count). The van der Waals surface area contributed by atoms with Crippen molar-refractivity contribution < 1.29 is 10.2 Å². The van der Waals surface area contributed by atoms with Crippen LogP contribution in [0.4, 0.5) is 0 Å². The van der Waals surface area contributed by atoms with Crippen LogP contribution in [0, 0.1) is 0 Å². The lowest BCUT2D eigenvalue weighted by atomic mass is 10.1. The quantitative estimate of drug-likeness (QED) is 0.753. The summed E-state index contributed by atoms with van der Waals surface area (Å²) >= 11 is 0. The summed E-state index contributed by atoms with van der Waals surface area (Å²) < 4.78 is 0. The maximum absolute atomic E-state index is 9.80. The van der Waals surface area contributed by atoms with E-state index in [0.717, 1.165) is 0 Å². The normalized spacial score (nSPS) is 12.0. The van der Waals surface area contributed by atoms with Gasteiger partial charge in [-0.1, -0.05) is 0 Å². The van der Waals surface area contributed by atoms with Gasteiger partial charge < -0.3 is 10.2 Å². The van der Waals surface area contributed by atoms with Gasteiger partial charge in [-0.15, -0.1) is 0 Å². The maximum Gasteiger partial charge on any atom is 0.167 e. The molecule has 4 nitrogen and oxygen atoms in total. The van der Waals surface area contributed by atoms with Crippen molar-refractivity contribution in [2.24, 2.45) is 0 Å². The van der Waals surface area contributed by atoms with E-state index in [0.29, 0.717) is 11.1 Å². The van der Waals surface area contributed by atoms with Gasteiger partial charge in [-0.3, -0.25) is 9.97 Å². The molecule has 0 saturated carbocycles. The molecule has 2 aromatic rings. The Balaban J connectivity index is 2.43. The van der Waals surface area contributed by atoms with Crippen molar-refractivity contribution in [1.29, 1.82) is 0 Å². The number of hydrogen-bond donors (Lipinski definition) is 2. The Labute approximate surface area is 92.6 Å². The molecule has 0 bridgehead atoms. The number of pyridine rings is 2. The number of rotatable bonds is 2. The van der Waals surface area contributed by atoms with E-state index in [1.807, 2.05) is 0 Å². The van der Waals surface area contributed by atoms with Crippen LogP contribution < -0.4 is 0 Å². The molecule has 0 aromatic carbocycles. The highest BCUT2D eigenvalue weighted by atomic mass is 16.3. The van der Waals surface area contributed by atoms with Crippen molar-refractivity contribution in [3.8, 4) is 0 Å². The topological polar surface area (TPSA) is 66.2 Å². The predicted octanol–water partition coefficient (Wildman–Crippen LogP) is 2.42. The third-order valence-electron chi connectivity index (χ3n) is 2.09. The average Bonchev–Trinajstić information content (AvgIpc) is 2.39. The van der Waals surface area contributed by atoms with E-state index in [9.17, 15) is 10.2 Å². The average molecular weight is 214 g/mol. The summed E-state index contributed by atoms with van der Waals surface area (Å²) in [6.07, 6.45) is 6.14. The lowest BCUT2D eigenvalue weighted by Gasteiger charge is -2.04. The van der Waals surface area contributed by atoms with Crippen LogP contribution in [-0.2, 0) is 0 Å². The number of aliphatic hydroxyl groups is 2. The van der Waals surface area contributed by atoms with Crippen LogP contribution in [0.5, 0.6) is 0 Å². The lowest BCUT2D eigenvalue weighted by Crippen LogP contribution is -1.92. The van der Waals surface area contributed by atoms with E-state index < -0.39 is 0 Å². The largest absolute Gasteiger partial charge is 0.504 e. The summed E-state index contributed by atoms with van der Waals surface area (Å²) in [4.78, 5) is 7.72. The molecule has 80 valence electrons. The van der Waals surface area contributed by atoms with Gasteiger partial charge in [0.05, 0.1) is 0 Å². The molecule has 0 spiro atoms. The molecule has 0 aliphatic rings. The Morgan fingerprint density at radius 2 is 1.25 bits per heavy atom. The molecule has 0 aliphatic heterocycles. The zero-order valence-corrected chi connectivity index (χ0v) is 8.41. The van der Waals surface area contributed by atoms with Crippen LogP contribution >= 0.6 is 0 Å². The molecule has 0 radical (unpaired) electrons. The molecule has 0 fully saturated rings. The third kappa shape index (κ3) is 2.00. The molecule has 16 heavy (non-hydrogen) atoms. The van der Waals surface area contributed by atoms with E-state index in [2.05, 4.69) is 9.97 Å². The summed E-state index contributed by atoms with van der Waals surface area (Å²) in [7, 11) is 0. The Morgan fingerprint density at radius 1 is 0.812 bits per heavy atom. The standard InChI is InChI=1S/C12H10N2O2/c15-11(9-3-1-5-13-7-9)12(16)10-4-2-6-14-8-10/h1-8,15-16H/b12-11-. The van der Waals surface area contributed by atoms with Gasteiger partial charge in [-0.25, -0.2) is 0 Å². The maximum atomic E-state index is 9.80. The van der Waals surface area contributed by atoms with Gasteiger partial charge in [0.1, 0.15) is 0 Å². The van der Waals surface area contributed by atoms with Crippen molar-refractivity contribution in [3.63, 3.8) is 0 Å². The molecule has 2 heterocycles. The highest BCUT2D eigenvalue weighted by Gasteiger charge is 2.08. The highest BCUT2D eigenvalue weighted by Crippen LogP contribution is 2.20. The Bertz CT molecular complexity index is 447. The van der Waals surface area contributed by atoms with E-state index in [1.165, 1.54) is 12.4 Å². The van der Waals surface area contributed by atoms with E-state index >= 15 is 0 Å². The SMILES string of the molecule is O/C(=C(\O)c1cccnc1)c1cccnc1. The third-order valence-corrected chi connectivity index (χ3v) is 2.09. The highest BCUT2D eigenvalue weighted by molar-refractivity contribution is 5.81. The van der Waals surface area contributed by atoms with Crippen LogP contribution in [0.3, 0.4) is 0 Å². The molecule has 0 unspecified atom stereocenters. The van der Waals surface area contributed by atoms with Gasteiger partial charge in [-0.2, -0.15) is 0 Å². The Kier molecular flexibility index (Phi) is 2.82. The second-order valence-corrected chi connectivity index (χ2v) is 3.18. The minimum absolute atomic E-state index is 0.207. The fourth-order valence-electron chi connectivity index (χ4n) is 1.28. The minimum atomic E-state index is -0.207. The van der Waals surface area contributed by atoms with Gasteiger partial charge in [0.25, 0.3) is 0 Å². The number of hydrogen-bond acceptors (Lipinski definition) is 4. The van der Waals surface area contributed by atoms with Gasteiger partial charge >= 0.3 is 0 Å². The minimum Gasteiger partial charge on any atom is -0.504 e. The summed E-state index contributed by atoms with van der Waals surface area (Å²) in [5.74, 6) is -0.415. The van der Waals surface area contributed by atoms with Crippen molar-refractivity contribution in [1.82, 2.24) is 9.97 Å². The van der Waals surface area contributed by atoms with Crippen LogP contribution in [0.15, 0.2) is 49.1 Å². The fraction of sp³-hybridized carbons (Fsp3) is 0. The molecule has 0 amide bonds. The first kappa shape index (κ1) is 10.2. The monoisotopic (exact) mass is 214 g/mol. The van der Waals surface area contributed by atoms with Gasteiger partial charge in [-0.05, 0) is 24.3 Å². The summed E-state index contributed by atoms with van der Waals surface area (Å²) in [5, 5.41) is 19.6. The molecule has 2 aromatic heterocycles. The van der Waals surface area contributed by atoms with Gasteiger partial charge in [0, 0.05) is 35.9 Å². The zero-order chi connectivity index (χ0) is 11.4. The van der Waals surface area contributed by atoms with E-state index in [4.69, 9.17) is 0 Å². The second kappa shape index (κ2) is 4.44. The zero-order valence-electron chi connectivity index (χ0n) is 8.41. The Hall–Kier alpha value is -2.36. The first-order chi connectivity index (χ1) is 7.79. The van der Waals surface area contributed by atoms with Crippen molar-refractivity contribution >= 4 is 11.5 Å². The second-order valence-electron chi connectivity index (χ2n) is 3.18. The van der Waals surface area contributed by atoms with E-state index in [1.54, 1.807) is 36.7 Å². The van der Waals surface area contributed by atoms with Gasteiger partial charge in [0.15, 0.2) is 11.5 Å². The first-order valence-electron chi connectivity index (χ1n) is 4.72. The summed E-state index contributed by atoms with van der Waals surface area (Å²) in [6.45, 7) is 0. The van der Waals surface area contributed by atoms with Crippen LogP contribution in [0.2, 0.25) is 0 Å². The summed E-state index contributed by atoms with van der Waals surface area (Å²) in [6, 6.07) is 6.69. The van der Waals surface area contributed by atoms with Gasteiger partial charge in [0.2, 0.25) is 0 Å². The van der Waals surface area contributed by atoms with Crippen LogP contribution in [0.25, 0.3) is 11.5 Å². The smallest absolute Gasteiger partial charge is 0.167 e. The molecule has 0 atom stereocenters. The number of nitrogens with zero attached hydrogens (tertiary/aromatic N) is 2. The summed E-state index contributed by atoms with van der Waals surface area (Å²) in [5.41, 5.74) is 0.924. The molecule has 2 N–H and O–H groups in total. The fourth-order valence-corrected chi connectivity index (χ4v) is 1.28. The van der Waals surface area contributed by atoms with Crippen molar-refractivity contribution in [2.45, 2.75) is 0 Å². The molecule has 0 saturated heterocycles. The molecule has 0 aliphatic carbocycles. The van der Waals surface area contributed by atoms with Crippen LogP contribution in [0.1, 0.15) is 11.1 Å². The first-order valence-corrected chi connectivity index (χ1v) is 4.72. The Morgan fingerprint density at radius 3 is 1.56 bits per heavy atom. The van der Waals surface area contributed by atoms with Crippen LogP contribution in [-0.4, -0.2) is 20.2 Å². The lowest BCUT2D eigenvalue weighted by molar-refractivity contribution is 0.459. The molecular formula is C12H10N2O2. The molecular weight excluding hydrogens is 204 g/mol. The molecule has 4 heteroatoms. The number of aromatic nitrogens is 2. The predicted molar refractivity (Wildman–Crippen MR) is 60.5 cm³/mol. The number of aliphatic hydroxyl groups excluding tert-OH is 2. The van der Waals surface area contributed by atoms with E-state index in [-0.39, 0.29) is 11.5 Å². The van der Waals surface area contributed by atoms with Crippen molar-refractivity contribution in [2.75, 3.05) is 0 Å². The van der Waals surface area contributed by atoms with Crippen molar-refractivity contribution in [3.05, 3.63) is 60.2 Å².